The molecule has 0 radical (unpaired) electrons. The number of carbonyl (C=O) groups is 1. The molecule has 2 aromatic carbocycles. The van der Waals surface area contributed by atoms with Gasteiger partial charge in [0.25, 0.3) is 5.91 Å². The Balaban J connectivity index is 2.11. The van der Waals surface area contributed by atoms with E-state index in [1.807, 2.05) is 0 Å². The summed E-state index contributed by atoms with van der Waals surface area (Å²) >= 11 is 0. The van der Waals surface area contributed by atoms with E-state index in [-0.39, 0.29) is 17.4 Å². The maximum Gasteiger partial charge on any atom is 0.253 e. The molecule has 0 bridgehead atoms. The minimum Gasteiger partial charge on any atom is -0.396 e. The highest BCUT2D eigenvalue weighted by molar-refractivity contribution is 5.94. The number of nitrogen functional groups attached to an aromatic ring is 1. The molecule has 0 unspecified atom stereocenters. The second-order valence-corrected chi connectivity index (χ2v) is 4.52. The lowest BCUT2D eigenvalue weighted by Crippen LogP contribution is -2.26. The van der Waals surface area contributed by atoms with E-state index in [1.54, 1.807) is 19.2 Å². The molecule has 0 spiro atoms. The van der Waals surface area contributed by atoms with Crippen LogP contribution in [-0.2, 0) is 6.54 Å². The number of nitrogens with two attached hydrogens (primary N) is 1. The summed E-state index contributed by atoms with van der Waals surface area (Å²) in [5.41, 5.74) is 6.49. The predicted octanol–water partition coefficient (Wildman–Crippen LogP) is 2.82. The fourth-order valence-corrected chi connectivity index (χ4v) is 1.83. The zero-order chi connectivity index (χ0) is 14.7. The molecule has 20 heavy (non-hydrogen) atoms. The Morgan fingerprint density at radius 3 is 2.40 bits per heavy atom. The SMILES string of the molecule is CN(Cc1ccc(F)cc1)C(=O)c1ccc(F)c(N)c1. The van der Waals surface area contributed by atoms with Crippen molar-refractivity contribution in [2.45, 2.75) is 6.54 Å². The first-order valence-corrected chi connectivity index (χ1v) is 6.02. The number of hydrogen-bond acceptors (Lipinski definition) is 2. The Bertz CT molecular complexity index is 626. The first-order valence-electron chi connectivity index (χ1n) is 6.02. The number of carbonyl (C=O) groups excluding carboxylic acids is 1. The van der Waals surface area contributed by atoms with Crippen LogP contribution in [0.2, 0.25) is 0 Å². The largest absolute Gasteiger partial charge is 0.396 e. The average Bonchev–Trinajstić information content (AvgIpc) is 2.43. The number of benzene rings is 2. The van der Waals surface area contributed by atoms with E-state index in [4.69, 9.17) is 5.73 Å². The summed E-state index contributed by atoms with van der Waals surface area (Å²) in [6.07, 6.45) is 0. The number of amides is 1. The van der Waals surface area contributed by atoms with Crippen LogP contribution < -0.4 is 5.73 Å². The van der Waals surface area contributed by atoms with Gasteiger partial charge in [-0.15, -0.1) is 0 Å². The molecule has 0 saturated carbocycles. The van der Waals surface area contributed by atoms with Gasteiger partial charge in [0, 0.05) is 19.2 Å². The maximum atomic E-state index is 13.1. The Hall–Kier alpha value is -2.43. The van der Waals surface area contributed by atoms with E-state index in [1.165, 1.54) is 29.2 Å². The van der Waals surface area contributed by atoms with E-state index in [0.717, 1.165) is 11.6 Å². The van der Waals surface area contributed by atoms with Crippen LogP contribution >= 0.6 is 0 Å². The fourth-order valence-electron chi connectivity index (χ4n) is 1.83. The van der Waals surface area contributed by atoms with Crippen molar-refractivity contribution in [1.29, 1.82) is 0 Å². The summed E-state index contributed by atoms with van der Waals surface area (Å²) in [6, 6.07) is 9.74. The summed E-state index contributed by atoms with van der Waals surface area (Å²) in [4.78, 5) is 13.6. The Morgan fingerprint density at radius 2 is 1.80 bits per heavy atom. The van der Waals surface area contributed by atoms with Crippen molar-refractivity contribution >= 4 is 11.6 Å². The summed E-state index contributed by atoms with van der Waals surface area (Å²) in [5, 5.41) is 0. The molecule has 2 N–H and O–H groups in total. The summed E-state index contributed by atoms with van der Waals surface area (Å²) in [5.74, 6) is -1.15. The van der Waals surface area contributed by atoms with E-state index < -0.39 is 5.82 Å². The van der Waals surface area contributed by atoms with Gasteiger partial charge < -0.3 is 10.6 Å². The van der Waals surface area contributed by atoms with Crippen molar-refractivity contribution in [1.82, 2.24) is 4.90 Å². The van der Waals surface area contributed by atoms with Crippen molar-refractivity contribution in [2.24, 2.45) is 0 Å². The zero-order valence-electron chi connectivity index (χ0n) is 10.9. The number of halogens is 2. The highest BCUT2D eigenvalue weighted by Crippen LogP contribution is 2.15. The van der Waals surface area contributed by atoms with Crippen molar-refractivity contribution in [2.75, 3.05) is 12.8 Å². The quantitative estimate of drug-likeness (QED) is 0.876. The Labute approximate surface area is 115 Å². The van der Waals surface area contributed by atoms with Gasteiger partial charge in [-0.2, -0.15) is 0 Å². The van der Waals surface area contributed by atoms with Crippen LogP contribution in [-0.4, -0.2) is 17.9 Å². The summed E-state index contributed by atoms with van der Waals surface area (Å²) in [6.45, 7) is 0.330. The fraction of sp³-hybridized carbons (Fsp3) is 0.133. The molecule has 0 aliphatic rings. The number of nitrogens with zero attached hydrogens (tertiary/aromatic N) is 1. The highest BCUT2D eigenvalue weighted by Gasteiger charge is 2.13. The van der Waals surface area contributed by atoms with Crippen molar-refractivity contribution < 1.29 is 13.6 Å². The minimum atomic E-state index is -0.553. The molecular formula is C15H14F2N2O. The van der Waals surface area contributed by atoms with E-state index in [0.29, 0.717) is 12.1 Å². The molecular weight excluding hydrogens is 262 g/mol. The van der Waals surface area contributed by atoms with Gasteiger partial charge in [-0.1, -0.05) is 12.1 Å². The van der Waals surface area contributed by atoms with Crippen LogP contribution in [0.4, 0.5) is 14.5 Å². The van der Waals surface area contributed by atoms with E-state index in [9.17, 15) is 13.6 Å². The molecule has 0 aromatic heterocycles. The molecule has 0 fully saturated rings. The van der Waals surface area contributed by atoms with Gasteiger partial charge >= 0.3 is 0 Å². The average molecular weight is 276 g/mol. The van der Waals surface area contributed by atoms with Gasteiger partial charge in [-0.05, 0) is 35.9 Å². The molecule has 2 aromatic rings. The maximum absolute atomic E-state index is 13.1. The predicted molar refractivity (Wildman–Crippen MR) is 73.0 cm³/mol. The standard InChI is InChI=1S/C15H14F2N2O/c1-19(9-10-2-5-12(16)6-3-10)15(20)11-4-7-13(17)14(18)8-11/h2-8H,9,18H2,1H3. The molecule has 5 heteroatoms. The summed E-state index contributed by atoms with van der Waals surface area (Å²) in [7, 11) is 1.62. The molecule has 0 aliphatic heterocycles. The van der Waals surface area contributed by atoms with Gasteiger partial charge in [-0.3, -0.25) is 4.79 Å². The second kappa shape index (κ2) is 5.69. The molecule has 104 valence electrons. The van der Waals surface area contributed by atoms with Crippen LogP contribution in [0, 0.1) is 11.6 Å². The van der Waals surface area contributed by atoms with Crippen LogP contribution in [0.25, 0.3) is 0 Å². The smallest absolute Gasteiger partial charge is 0.253 e. The first-order chi connectivity index (χ1) is 9.47. The van der Waals surface area contributed by atoms with Gasteiger partial charge in [-0.25, -0.2) is 8.78 Å². The van der Waals surface area contributed by atoms with Crippen LogP contribution in [0.1, 0.15) is 15.9 Å². The third-order valence-electron chi connectivity index (χ3n) is 2.92. The van der Waals surface area contributed by atoms with Crippen molar-refractivity contribution in [3.05, 3.63) is 65.2 Å². The topological polar surface area (TPSA) is 46.3 Å². The second-order valence-electron chi connectivity index (χ2n) is 4.52. The number of anilines is 1. The van der Waals surface area contributed by atoms with E-state index >= 15 is 0 Å². The third kappa shape index (κ3) is 3.12. The van der Waals surface area contributed by atoms with Crippen LogP contribution in [0.3, 0.4) is 0 Å². The lowest BCUT2D eigenvalue weighted by Gasteiger charge is -2.17. The number of rotatable bonds is 3. The molecule has 0 atom stereocenters. The first kappa shape index (κ1) is 14.0. The number of hydrogen-bond donors (Lipinski definition) is 1. The Kier molecular flexibility index (Phi) is 3.98. The lowest BCUT2D eigenvalue weighted by atomic mass is 10.1. The normalized spacial score (nSPS) is 10.3. The van der Waals surface area contributed by atoms with Crippen LogP contribution in [0.15, 0.2) is 42.5 Å². The van der Waals surface area contributed by atoms with Gasteiger partial charge in [0.1, 0.15) is 11.6 Å². The molecule has 0 aliphatic carbocycles. The Morgan fingerprint density at radius 1 is 1.15 bits per heavy atom. The lowest BCUT2D eigenvalue weighted by molar-refractivity contribution is 0.0785. The molecule has 0 saturated heterocycles. The molecule has 0 heterocycles. The van der Waals surface area contributed by atoms with Gasteiger partial charge in [0.2, 0.25) is 0 Å². The molecule has 1 amide bonds. The zero-order valence-corrected chi connectivity index (χ0v) is 10.9. The van der Waals surface area contributed by atoms with Crippen LogP contribution in [0.5, 0.6) is 0 Å². The molecule has 2 rings (SSSR count). The minimum absolute atomic E-state index is 0.0639. The van der Waals surface area contributed by atoms with Crippen molar-refractivity contribution in [3.8, 4) is 0 Å². The monoisotopic (exact) mass is 276 g/mol. The van der Waals surface area contributed by atoms with Gasteiger partial charge in [0.15, 0.2) is 0 Å². The van der Waals surface area contributed by atoms with Gasteiger partial charge in [0.05, 0.1) is 5.69 Å². The van der Waals surface area contributed by atoms with Crippen molar-refractivity contribution in [3.63, 3.8) is 0 Å². The summed E-state index contributed by atoms with van der Waals surface area (Å²) < 4.78 is 25.9. The van der Waals surface area contributed by atoms with E-state index in [2.05, 4.69) is 0 Å². The highest BCUT2D eigenvalue weighted by atomic mass is 19.1. The third-order valence-corrected chi connectivity index (χ3v) is 2.92. The molecule has 3 nitrogen and oxygen atoms in total.